The van der Waals surface area contributed by atoms with Crippen molar-refractivity contribution in [1.82, 2.24) is 9.80 Å². The standard InChI is InChI=1S/C18H26N2O.C18H25NO2/c1-3-4-5-6-10-20-12-15-16(17(20)21)18(15,2)13-8-7-9-14(19)11-13;1-3-4-5-6-10-19-12-15-16(17(19)21)18(15,2)13-8-7-9-14(20)11-13/h7-9,11,15-16H,3-6,10,12,19H2,1-2H3;7-9,11,15-16,20H,3-6,10,12H2,1-2H3. The molecule has 6 nitrogen and oxygen atoms in total. The van der Waals surface area contributed by atoms with E-state index >= 15 is 0 Å². The van der Waals surface area contributed by atoms with Crippen molar-refractivity contribution in [3.8, 4) is 5.75 Å². The minimum absolute atomic E-state index is 0.0202. The van der Waals surface area contributed by atoms with Crippen LogP contribution in [0.2, 0.25) is 0 Å². The fourth-order valence-electron chi connectivity index (χ4n) is 8.06. The summed E-state index contributed by atoms with van der Waals surface area (Å²) in [5, 5.41) is 9.66. The van der Waals surface area contributed by atoms with E-state index in [9.17, 15) is 14.7 Å². The maximum absolute atomic E-state index is 12.6. The first-order chi connectivity index (χ1) is 20.2. The molecule has 2 aliphatic carbocycles. The predicted molar refractivity (Wildman–Crippen MR) is 169 cm³/mol. The van der Waals surface area contributed by atoms with Crippen molar-refractivity contribution in [2.45, 2.75) is 89.9 Å². The van der Waals surface area contributed by atoms with E-state index in [1.54, 1.807) is 6.07 Å². The van der Waals surface area contributed by atoms with Crippen molar-refractivity contribution in [3.63, 3.8) is 0 Å². The van der Waals surface area contributed by atoms with E-state index in [1.807, 2.05) is 36.4 Å². The number of nitrogens with two attached hydrogens (primary N) is 1. The van der Waals surface area contributed by atoms with Crippen molar-refractivity contribution in [3.05, 3.63) is 59.7 Å². The zero-order chi connectivity index (χ0) is 30.1. The van der Waals surface area contributed by atoms with Gasteiger partial charge < -0.3 is 20.6 Å². The third-order valence-corrected chi connectivity index (χ3v) is 10.9. The van der Waals surface area contributed by atoms with E-state index in [2.05, 4.69) is 43.6 Å². The van der Waals surface area contributed by atoms with Crippen LogP contribution in [0.4, 0.5) is 5.69 Å². The molecular weight excluding hydrogens is 522 g/mol. The van der Waals surface area contributed by atoms with Crippen LogP contribution in [0.1, 0.15) is 90.2 Å². The molecule has 6 rings (SSSR count). The van der Waals surface area contributed by atoms with Gasteiger partial charge in [-0.25, -0.2) is 0 Å². The summed E-state index contributed by atoms with van der Waals surface area (Å²) in [7, 11) is 0. The van der Waals surface area contributed by atoms with Gasteiger partial charge in [0.15, 0.2) is 0 Å². The third-order valence-electron chi connectivity index (χ3n) is 10.9. The van der Waals surface area contributed by atoms with Gasteiger partial charge in [-0.1, -0.05) is 90.5 Å². The molecule has 0 spiro atoms. The largest absolute Gasteiger partial charge is 0.508 e. The normalized spacial score (nSPS) is 30.6. The maximum Gasteiger partial charge on any atom is 0.226 e. The fourth-order valence-corrected chi connectivity index (χ4v) is 8.06. The van der Waals surface area contributed by atoms with Gasteiger partial charge in [0, 0.05) is 42.7 Å². The summed E-state index contributed by atoms with van der Waals surface area (Å²) in [4.78, 5) is 29.3. The molecule has 2 aliphatic heterocycles. The van der Waals surface area contributed by atoms with Crippen molar-refractivity contribution in [1.29, 1.82) is 0 Å². The van der Waals surface area contributed by atoms with Crippen molar-refractivity contribution >= 4 is 17.5 Å². The first kappa shape index (κ1) is 30.4. The Bertz CT molecular complexity index is 1180. The Kier molecular flexibility index (Phi) is 8.91. The molecule has 3 N–H and O–H groups in total. The monoisotopic (exact) mass is 573 g/mol. The van der Waals surface area contributed by atoms with Crippen LogP contribution < -0.4 is 5.73 Å². The molecule has 2 heterocycles. The van der Waals surface area contributed by atoms with Crippen LogP contribution in [-0.4, -0.2) is 52.9 Å². The van der Waals surface area contributed by atoms with Gasteiger partial charge >= 0.3 is 0 Å². The molecule has 6 heteroatoms. The molecule has 2 saturated carbocycles. The van der Waals surface area contributed by atoms with Crippen molar-refractivity contribution in [2.24, 2.45) is 23.7 Å². The summed E-state index contributed by atoms with van der Waals surface area (Å²) in [6.45, 7) is 12.5. The highest BCUT2D eigenvalue weighted by Crippen LogP contribution is 2.65. The van der Waals surface area contributed by atoms with Crippen LogP contribution in [0.3, 0.4) is 0 Å². The smallest absolute Gasteiger partial charge is 0.226 e. The molecule has 2 saturated heterocycles. The Morgan fingerprint density at radius 3 is 1.62 bits per heavy atom. The van der Waals surface area contributed by atoms with Crippen LogP contribution in [-0.2, 0) is 20.4 Å². The molecule has 228 valence electrons. The number of hydrogen-bond donors (Lipinski definition) is 2. The number of unbranched alkanes of at least 4 members (excludes halogenated alkanes) is 6. The molecule has 42 heavy (non-hydrogen) atoms. The number of amides is 2. The van der Waals surface area contributed by atoms with Gasteiger partial charge in [0.05, 0.1) is 11.8 Å². The van der Waals surface area contributed by atoms with Crippen LogP contribution in [0.15, 0.2) is 48.5 Å². The molecule has 0 radical (unpaired) electrons. The highest BCUT2D eigenvalue weighted by Gasteiger charge is 2.71. The first-order valence-electron chi connectivity index (χ1n) is 16.4. The molecule has 2 aromatic rings. The Balaban J connectivity index is 0.000000168. The number of carbonyl (C=O) groups is 2. The van der Waals surface area contributed by atoms with E-state index in [4.69, 9.17) is 5.73 Å². The second-order valence-electron chi connectivity index (χ2n) is 13.6. The number of piperidine rings is 2. The first-order valence-corrected chi connectivity index (χ1v) is 16.4. The number of benzene rings is 2. The number of likely N-dealkylation sites (tertiary alicyclic amines) is 2. The summed E-state index contributed by atoms with van der Waals surface area (Å²) in [5.74, 6) is 2.21. The lowest BCUT2D eigenvalue weighted by molar-refractivity contribution is -0.131. The van der Waals surface area contributed by atoms with E-state index in [1.165, 1.54) is 44.1 Å². The van der Waals surface area contributed by atoms with Gasteiger partial charge in [-0.05, 0) is 60.1 Å². The Labute approximate surface area is 252 Å². The van der Waals surface area contributed by atoms with Gasteiger partial charge in [0.25, 0.3) is 0 Å². The zero-order valence-corrected chi connectivity index (χ0v) is 26.1. The molecule has 6 atom stereocenters. The summed E-state index contributed by atoms with van der Waals surface area (Å²) >= 11 is 0. The van der Waals surface area contributed by atoms with E-state index < -0.39 is 0 Å². The van der Waals surface area contributed by atoms with Crippen LogP contribution in [0.5, 0.6) is 5.75 Å². The minimum Gasteiger partial charge on any atom is -0.508 e. The van der Waals surface area contributed by atoms with Gasteiger partial charge in [-0.3, -0.25) is 9.59 Å². The lowest BCUT2D eigenvalue weighted by Crippen LogP contribution is -2.34. The number of nitrogens with zero attached hydrogens (tertiary/aromatic N) is 2. The van der Waals surface area contributed by atoms with Crippen molar-refractivity contribution < 1.29 is 14.7 Å². The highest BCUT2D eigenvalue weighted by molar-refractivity contribution is 5.89. The Hall–Kier alpha value is -3.02. The molecule has 6 unspecified atom stereocenters. The van der Waals surface area contributed by atoms with Crippen LogP contribution in [0, 0.1) is 23.7 Å². The van der Waals surface area contributed by atoms with Gasteiger partial charge in [0.1, 0.15) is 5.75 Å². The number of aromatic hydroxyl groups is 1. The molecule has 2 aromatic carbocycles. The fraction of sp³-hybridized carbons (Fsp3) is 0.611. The Morgan fingerprint density at radius 1 is 0.738 bits per heavy atom. The number of nitrogen functional groups attached to an aromatic ring is 1. The van der Waals surface area contributed by atoms with Crippen LogP contribution in [0.25, 0.3) is 0 Å². The SMILES string of the molecule is CCCCCCN1CC2C(C1=O)C2(C)c1cccc(N)c1.CCCCCCN1CC2C(C1=O)C2(C)c1cccc(O)c1. The number of hydrogen-bond acceptors (Lipinski definition) is 4. The van der Waals surface area contributed by atoms with E-state index in [0.717, 1.165) is 50.3 Å². The topological polar surface area (TPSA) is 86.9 Å². The quantitative estimate of drug-likeness (QED) is 0.224. The lowest BCUT2D eigenvalue weighted by Gasteiger charge is -2.24. The van der Waals surface area contributed by atoms with Gasteiger partial charge in [-0.15, -0.1) is 0 Å². The minimum atomic E-state index is -0.0598. The number of rotatable bonds is 12. The number of anilines is 1. The molecule has 0 aromatic heterocycles. The molecule has 2 amide bonds. The third kappa shape index (κ3) is 5.54. The number of phenols is 1. The number of phenolic OH excluding ortho intramolecular Hbond substituents is 1. The predicted octanol–water partition coefficient (Wildman–Crippen LogP) is 6.51. The molecule has 4 fully saturated rings. The average Bonchev–Trinajstić information content (AvgIpc) is 3.63. The zero-order valence-electron chi connectivity index (χ0n) is 26.1. The average molecular weight is 574 g/mol. The second kappa shape index (κ2) is 12.3. The Morgan fingerprint density at radius 2 is 1.21 bits per heavy atom. The summed E-state index contributed by atoms with van der Waals surface area (Å²) < 4.78 is 0. The molecule has 4 aliphatic rings. The highest BCUT2D eigenvalue weighted by atomic mass is 16.3. The number of fused-ring (bicyclic) bond motifs is 2. The lowest BCUT2D eigenvalue weighted by atomic mass is 9.91. The van der Waals surface area contributed by atoms with Crippen molar-refractivity contribution in [2.75, 3.05) is 31.9 Å². The van der Waals surface area contributed by atoms with E-state index in [0.29, 0.717) is 29.4 Å². The number of carbonyl (C=O) groups excluding carboxylic acids is 2. The molecule has 0 bridgehead atoms. The second-order valence-corrected chi connectivity index (χ2v) is 13.6. The van der Waals surface area contributed by atoms with Gasteiger partial charge in [0.2, 0.25) is 11.8 Å². The summed E-state index contributed by atoms with van der Waals surface area (Å²) in [6, 6.07) is 15.5. The molecular formula is C36H51N3O3. The summed E-state index contributed by atoms with van der Waals surface area (Å²) in [6.07, 6.45) is 9.74. The van der Waals surface area contributed by atoms with E-state index in [-0.39, 0.29) is 22.7 Å². The van der Waals surface area contributed by atoms with Crippen LogP contribution >= 0.6 is 0 Å². The maximum atomic E-state index is 12.6. The van der Waals surface area contributed by atoms with Gasteiger partial charge in [-0.2, -0.15) is 0 Å². The summed E-state index contributed by atoms with van der Waals surface area (Å²) in [5.41, 5.74) is 8.99.